The van der Waals surface area contributed by atoms with Gasteiger partial charge in [-0.1, -0.05) is 6.07 Å². The van der Waals surface area contributed by atoms with Crippen LogP contribution in [0.15, 0.2) is 12.1 Å². The molecule has 2 nitrogen and oxygen atoms in total. The Morgan fingerprint density at radius 3 is 2.53 bits per heavy atom. The number of halogens is 1. The van der Waals surface area contributed by atoms with Gasteiger partial charge in [0.2, 0.25) is 0 Å². The van der Waals surface area contributed by atoms with Gasteiger partial charge in [-0.15, -0.1) is 11.6 Å². The number of rotatable bonds is 7. The number of aryl methyl sites for hydroxylation is 2. The molecule has 17 heavy (non-hydrogen) atoms. The van der Waals surface area contributed by atoms with E-state index >= 15 is 0 Å². The van der Waals surface area contributed by atoms with Gasteiger partial charge in [-0.2, -0.15) is 0 Å². The minimum atomic E-state index is 0.722. The highest BCUT2D eigenvalue weighted by Gasteiger charge is 2.05. The maximum Gasteiger partial charge on any atom is 0.122 e. The van der Waals surface area contributed by atoms with E-state index in [0.29, 0.717) is 0 Å². The molecule has 96 valence electrons. The molecule has 1 N–H and O–H groups in total. The molecule has 0 atom stereocenters. The Morgan fingerprint density at radius 1 is 1.18 bits per heavy atom. The number of alkyl halides is 1. The predicted molar refractivity (Wildman–Crippen MR) is 74.4 cm³/mol. The molecule has 0 aliphatic heterocycles. The van der Waals surface area contributed by atoms with Gasteiger partial charge in [-0.05, 0) is 62.5 Å². The lowest BCUT2D eigenvalue weighted by atomic mass is 10.0. The first kappa shape index (κ1) is 14.3. The summed E-state index contributed by atoms with van der Waals surface area (Å²) in [6, 6.07) is 4.33. The average Bonchev–Trinajstić information content (AvgIpc) is 2.33. The summed E-state index contributed by atoms with van der Waals surface area (Å²) in [5, 5.41) is 3.38. The fourth-order valence-corrected chi connectivity index (χ4v) is 1.91. The summed E-state index contributed by atoms with van der Waals surface area (Å²) in [4.78, 5) is 0. The lowest BCUT2D eigenvalue weighted by molar-refractivity contribution is 0.408. The molecule has 3 heteroatoms. The van der Waals surface area contributed by atoms with Crippen LogP contribution in [0.5, 0.6) is 5.75 Å². The number of ether oxygens (including phenoxy) is 1. The number of benzene rings is 1. The Bertz CT molecular complexity index is 352. The van der Waals surface area contributed by atoms with Gasteiger partial charge in [0.1, 0.15) is 5.75 Å². The highest BCUT2D eigenvalue weighted by molar-refractivity contribution is 6.17. The van der Waals surface area contributed by atoms with Gasteiger partial charge >= 0.3 is 0 Å². The standard InChI is InChI=1S/C14H22ClNO/c1-11-9-13(5-8-16-7-4-6-15)14(17-3)10-12(11)2/h9-10,16H,4-8H2,1-3H3. The molecule has 0 fully saturated rings. The largest absolute Gasteiger partial charge is 0.496 e. The van der Waals surface area contributed by atoms with Crippen LogP contribution in [0.25, 0.3) is 0 Å². The summed E-state index contributed by atoms with van der Waals surface area (Å²) in [7, 11) is 1.73. The van der Waals surface area contributed by atoms with E-state index in [-0.39, 0.29) is 0 Å². The Kier molecular flexibility index (Phi) is 6.38. The van der Waals surface area contributed by atoms with Gasteiger partial charge in [0.05, 0.1) is 7.11 Å². The minimum absolute atomic E-state index is 0.722. The van der Waals surface area contributed by atoms with E-state index in [4.69, 9.17) is 16.3 Å². The Hall–Kier alpha value is -0.730. The van der Waals surface area contributed by atoms with Gasteiger partial charge < -0.3 is 10.1 Å². The van der Waals surface area contributed by atoms with Crippen LogP contribution in [0.4, 0.5) is 0 Å². The van der Waals surface area contributed by atoms with Crippen molar-refractivity contribution in [2.45, 2.75) is 26.7 Å². The Morgan fingerprint density at radius 2 is 1.88 bits per heavy atom. The molecule has 1 rings (SSSR count). The summed E-state index contributed by atoms with van der Waals surface area (Å²) in [5.74, 6) is 1.72. The molecular formula is C14H22ClNO. The van der Waals surface area contributed by atoms with Crippen LogP contribution in [0.2, 0.25) is 0 Å². The zero-order chi connectivity index (χ0) is 12.7. The number of hydrogen-bond donors (Lipinski definition) is 1. The van der Waals surface area contributed by atoms with E-state index in [2.05, 4.69) is 31.3 Å². The zero-order valence-electron chi connectivity index (χ0n) is 11.0. The van der Waals surface area contributed by atoms with Crippen LogP contribution in [-0.4, -0.2) is 26.1 Å². The molecule has 0 amide bonds. The molecule has 0 spiro atoms. The molecule has 0 radical (unpaired) electrons. The SMILES string of the molecule is COc1cc(C)c(C)cc1CCNCCCCl. The summed E-state index contributed by atoms with van der Waals surface area (Å²) in [6.45, 7) is 6.20. The molecular weight excluding hydrogens is 234 g/mol. The summed E-state index contributed by atoms with van der Waals surface area (Å²) in [6.07, 6.45) is 2.01. The van der Waals surface area contributed by atoms with E-state index in [9.17, 15) is 0 Å². The molecule has 0 bridgehead atoms. The molecule has 0 aliphatic rings. The van der Waals surface area contributed by atoms with Crippen LogP contribution >= 0.6 is 11.6 Å². The molecule has 1 aromatic rings. The van der Waals surface area contributed by atoms with Crippen molar-refractivity contribution in [3.05, 3.63) is 28.8 Å². The third-order valence-corrected chi connectivity index (χ3v) is 3.22. The normalized spacial score (nSPS) is 10.6. The predicted octanol–water partition coefficient (Wildman–Crippen LogP) is 3.07. The van der Waals surface area contributed by atoms with Crippen LogP contribution in [-0.2, 0) is 6.42 Å². The van der Waals surface area contributed by atoms with E-state index in [1.54, 1.807) is 7.11 Å². The second-order valence-corrected chi connectivity index (χ2v) is 4.67. The minimum Gasteiger partial charge on any atom is -0.496 e. The fourth-order valence-electron chi connectivity index (χ4n) is 1.77. The van der Waals surface area contributed by atoms with E-state index in [1.165, 1.54) is 16.7 Å². The molecule has 1 aromatic carbocycles. The highest BCUT2D eigenvalue weighted by atomic mass is 35.5. The summed E-state index contributed by atoms with van der Waals surface area (Å²) >= 11 is 5.62. The quantitative estimate of drug-likeness (QED) is 0.597. The zero-order valence-corrected chi connectivity index (χ0v) is 11.7. The van der Waals surface area contributed by atoms with Crippen molar-refractivity contribution in [3.8, 4) is 5.75 Å². The Labute approximate surface area is 109 Å². The lowest BCUT2D eigenvalue weighted by Gasteiger charge is -2.12. The number of hydrogen-bond acceptors (Lipinski definition) is 2. The summed E-state index contributed by atoms with van der Waals surface area (Å²) < 4.78 is 5.41. The van der Waals surface area contributed by atoms with Gasteiger partial charge in [0, 0.05) is 5.88 Å². The van der Waals surface area contributed by atoms with Crippen LogP contribution in [0.1, 0.15) is 23.1 Å². The van der Waals surface area contributed by atoms with Crippen molar-refractivity contribution in [3.63, 3.8) is 0 Å². The van der Waals surface area contributed by atoms with Crippen molar-refractivity contribution in [1.82, 2.24) is 5.32 Å². The van der Waals surface area contributed by atoms with Crippen molar-refractivity contribution in [2.75, 3.05) is 26.1 Å². The first-order chi connectivity index (χ1) is 8.19. The van der Waals surface area contributed by atoms with Crippen molar-refractivity contribution < 1.29 is 4.74 Å². The first-order valence-corrected chi connectivity index (χ1v) is 6.63. The van der Waals surface area contributed by atoms with Gasteiger partial charge in [-0.3, -0.25) is 0 Å². The monoisotopic (exact) mass is 255 g/mol. The van der Waals surface area contributed by atoms with Crippen LogP contribution < -0.4 is 10.1 Å². The number of methoxy groups -OCH3 is 1. The second-order valence-electron chi connectivity index (χ2n) is 4.29. The van der Waals surface area contributed by atoms with E-state index in [0.717, 1.165) is 37.6 Å². The third-order valence-electron chi connectivity index (χ3n) is 2.96. The van der Waals surface area contributed by atoms with Gasteiger partial charge in [0.15, 0.2) is 0 Å². The van der Waals surface area contributed by atoms with Crippen molar-refractivity contribution in [2.24, 2.45) is 0 Å². The fraction of sp³-hybridized carbons (Fsp3) is 0.571. The third kappa shape index (κ3) is 4.57. The Balaban J connectivity index is 2.54. The van der Waals surface area contributed by atoms with Crippen LogP contribution in [0.3, 0.4) is 0 Å². The van der Waals surface area contributed by atoms with Crippen molar-refractivity contribution >= 4 is 11.6 Å². The molecule has 0 saturated heterocycles. The first-order valence-electron chi connectivity index (χ1n) is 6.09. The maximum atomic E-state index is 5.62. The van der Waals surface area contributed by atoms with Crippen LogP contribution in [0, 0.1) is 13.8 Å². The second kappa shape index (κ2) is 7.57. The number of nitrogens with one attached hydrogen (secondary N) is 1. The van der Waals surface area contributed by atoms with Gasteiger partial charge in [0.25, 0.3) is 0 Å². The molecule has 0 saturated carbocycles. The molecule has 0 unspecified atom stereocenters. The highest BCUT2D eigenvalue weighted by Crippen LogP contribution is 2.23. The lowest BCUT2D eigenvalue weighted by Crippen LogP contribution is -2.19. The van der Waals surface area contributed by atoms with Crippen molar-refractivity contribution in [1.29, 1.82) is 0 Å². The molecule has 0 aliphatic carbocycles. The summed E-state index contributed by atoms with van der Waals surface area (Å²) in [5.41, 5.74) is 3.87. The average molecular weight is 256 g/mol. The smallest absolute Gasteiger partial charge is 0.122 e. The molecule has 0 heterocycles. The maximum absolute atomic E-state index is 5.62. The van der Waals surface area contributed by atoms with E-state index < -0.39 is 0 Å². The van der Waals surface area contributed by atoms with E-state index in [1.807, 2.05) is 0 Å². The topological polar surface area (TPSA) is 21.3 Å². The van der Waals surface area contributed by atoms with Gasteiger partial charge in [-0.25, -0.2) is 0 Å². The molecule has 0 aromatic heterocycles.